The standard InChI is InChI=1S/C14H27NO/c1-12(10-15-14-8-4-5-9-14)16-11-13-6-2-3-7-13/h12-15H,2-11H2,1H3. The Morgan fingerprint density at radius 2 is 1.69 bits per heavy atom. The smallest absolute Gasteiger partial charge is 0.0671 e. The lowest BCUT2D eigenvalue weighted by Crippen LogP contribution is -2.34. The molecule has 0 aromatic rings. The average molecular weight is 225 g/mol. The highest BCUT2D eigenvalue weighted by atomic mass is 16.5. The SMILES string of the molecule is CC(CNC1CCCC1)OCC1CCCC1. The van der Waals surface area contributed by atoms with Gasteiger partial charge in [-0.05, 0) is 38.5 Å². The molecule has 0 bridgehead atoms. The lowest BCUT2D eigenvalue weighted by Gasteiger charge is -2.19. The fourth-order valence-electron chi connectivity index (χ4n) is 3.00. The molecule has 0 amide bonds. The minimum Gasteiger partial charge on any atom is -0.377 e. The minimum absolute atomic E-state index is 0.390. The van der Waals surface area contributed by atoms with Gasteiger partial charge in [0.2, 0.25) is 0 Å². The van der Waals surface area contributed by atoms with Gasteiger partial charge in [0.1, 0.15) is 0 Å². The van der Waals surface area contributed by atoms with E-state index in [0.29, 0.717) is 6.10 Å². The van der Waals surface area contributed by atoms with Gasteiger partial charge in [-0.3, -0.25) is 0 Å². The molecular formula is C14H27NO. The average Bonchev–Trinajstić information content (AvgIpc) is 2.96. The number of ether oxygens (including phenoxy) is 1. The van der Waals surface area contributed by atoms with Gasteiger partial charge < -0.3 is 10.1 Å². The fraction of sp³-hybridized carbons (Fsp3) is 1.00. The summed E-state index contributed by atoms with van der Waals surface area (Å²) in [5.74, 6) is 0.855. The molecule has 1 N–H and O–H groups in total. The highest BCUT2D eigenvalue weighted by Gasteiger charge is 2.18. The summed E-state index contributed by atoms with van der Waals surface area (Å²) in [6, 6.07) is 0.775. The van der Waals surface area contributed by atoms with Crippen molar-refractivity contribution in [1.82, 2.24) is 5.32 Å². The Hall–Kier alpha value is -0.0800. The molecule has 2 fully saturated rings. The van der Waals surface area contributed by atoms with E-state index in [1.165, 1.54) is 51.4 Å². The normalized spacial score (nSPS) is 25.3. The van der Waals surface area contributed by atoms with Gasteiger partial charge in [0.15, 0.2) is 0 Å². The number of hydrogen-bond acceptors (Lipinski definition) is 2. The summed E-state index contributed by atoms with van der Waals surface area (Å²) in [4.78, 5) is 0. The van der Waals surface area contributed by atoms with Gasteiger partial charge in [-0.15, -0.1) is 0 Å². The number of hydrogen-bond donors (Lipinski definition) is 1. The second-order valence-electron chi connectivity index (χ2n) is 5.68. The molecule has 2 aliphatic rings. The molecule has 0 spiro atoms. The third-order valence-corrected chi connectivity index (χ3v) is 4.14. The molecule has 2 aliphatic carbocycles. The van der Waals surface area contributed by atoms with Crippen molar-refractivity contribution in [3.05, 3.63) is 0 Å². The first kappa shape index (κ1) is 12.4. The van der Waals surface area contributed by atoms with Crippen LogP contribution in [0.4, 0.5) is 0 Å². The molecule has 0 heterocycles. The Morgan fingerprint density at radius 3 is 2.38 bits per heavy atom. The van der Waals surface area contributed by atoms with E-state index in [4.69, 9.17) is 4.74 Å². The van der Waals surface area contributed by atoms with Crippen LogP contribution < -0.4 is 5.32 Å². The number of nitrogens with one attached hydrogen (secondary N) is 1. The predicted octanol–water partition coefficient (Wildman–Crippen LogP) is 3.11. The molecule has 2 rings (SSSR count). The Bertz CT molecular complexity index is 163. The van der Waals surface area contributed by atoms with Gasteiger partial charge in [0, 0.05) is 19.2 Å². The van der Waals surface area contributed by atoms with Crippen molar-refractivity contribution in [3.8, 4) is 0 Å². The van der Waals surface area contributed by atoms with Crippen LogP contribution >= 0.6 is 0 Å². The summed E-state index contributed by atoms with van der Waals surface area (Å²) in [7, 11) is 0. The predicted molar refractivity (Wildman–Crippen MR) is 67.6 cm³/mol. The van der Waals surface area contributed by atoms with Crippen molar-refractivity contribution >= 4 is 0 Å². The van der Waals surface area contributed by atoms with Crippen LogP contribution in [0.15, 0.2) is 0 Å². The molecule has 0 saturated heterocycles. The van der Waals surface area contributed by atoms with Gasteiger partial charge in [-0.1, -0.05) is 25.7 Å². The molecule has 2 saturated carbocycles. The molecule has 1 unspecified atom stereocenters. The van der Waals surface area contributed by atoms with Gasteiger partial charge in [-0.25, -0.2) is 0 Å². The Morgan fingerprint density at radius 1 is 1.06 bits per heavy atom. The van der Waals surface area contributed by atoms with Crippen LogP contribution in [-0.4, -0.2) is 25.3 Å². The van der Waals surface area contributed by atoms with Crippen molar-refractivity contribution in [2.24, 2.45) is 5.92 Å². The topological polar surface area (TPSA) is 21.3 Å². The van der Waals surface area contributed by atoms with E-state index in [2.05, 4.69) is 12.2 Å². The third kappa shape index (κ3) is 4.06. The Labute approximate surface area is 100 Å². The van der Waals surface area contributed by atoms with E-state index >= 15 is 0 Å². The van der Waals surface area contributed by atoms with Crippen LogP contribution in [-0.2, 0) is 4.74 Å². The quantitative estimate of drug-likeness (QED) is 0.750. The molecule has 0 radical (unpaired) electrons. The highest BCUT2D eigenvalue weighted by Crippen LogP contribution is 2.25. The van der Waals surface area contributed by atoms with Crippen LogP contribution in [0, 0.1) is 5.92 Å². The van der Waals surface area contributed by atoms with Crippen molar-refractivity contribution in [1.29, 1.82) is 0 Å². The third-order valence-electron chi connectivity index (χ3n) is 4.14. The molecule has 0 aromatic carbocycles. The minimum atomic E-state index is 0.390. The van der Waals surface area contributed by atoms with Crippen molar-refractivity contribution in [3.63, 3.8) is 0 Å². The van der Waals surface area contributed by atoms with E-state index in [1.54, 1.807) is 0 Å². The molecule has 1 atom stereocenters. The maximum atomic E-state index is 5.92. The summed E-state index contributed by atoms with van der Waals surface area (Å²) in [6.07, 6.45) is 11.6. The summed E-state index contributed by atoms with van der Waals surface area (Å²) in [6.45, 7) is 4.24. The molecule has 94 valence electrons. The molecule has 2 nitrogen and oxygen atoms in total. The van der Waals surface area contributed by atoms with E-state index in [-0.39, 0.29) is 0 Å². The Balaban J connectivity index is 1.51. The lowest BCUT2D eigenvalue weighted by molar-refractivity contribution is 0.0402. The summed E-state index contributed by atoms with van der Waals surface area (Å²) in [5.41, 5.74) is 0. The van der Waals surface area contributed by atoms with Crippen molar-refractivity contribution in [2.75, 3.05) is 13.2 Å². The van der Waals surface area contributed by atoms with Crippen LogP contribution in [0.1, 0.15) is 58.3 Å². The van der Waals surface area contributed by atoms with Crippen LogP contribution in [0.2, 0.25) is 0 Å². The van der Waals surface area contributed by atoms with E-state index < -0.39 is 0 Å². The molecule has 0 aromatic heterocycles. The van der Waals surface area contributed by atoms with Gasteiger partial charge >= 0.3 is 0 Å². The van der Waals surface area contributed by atoms with Gasteiger partial charge in [-0.2, -0.15) is 0 Å². The largest absolute Gasteiger partial charge is 0.377 e. The van der Waals surface area contributed by atoms with E-state index in [0.717, 1.165) is 25.1 Å². The summed E-state index contributed by atoms with van der Waals surface area (Å²) < 4.78 is 5.92. The summed E-state index contributed by atoms with van der Waals surface area (Å²) >= 11 is 0. The monoisotopic (exact) mass is 225 g/mol. The van der Waals surface area contributed by atoms with E-state index in [1.807, 2.05) is 0 Å². The van der Waals surface area contributed by atoms with Crippen LogP contribution in [0.3, 0.4) is 0 Å². The zero-order valence-corrected chi connectivity index (χ0v) is 10.7. The zero-order valence-electron chi connectivity index (χ0n) is 10.7. The maximum absolute atomic E-state index is 5.92. The first-order chi connectivity index (χ1) is 7.84. The maximum Gasteiger partial charge on any atom is 0.0671 e. The first-order valence-electron chi connectivity index (χ1n) is 7.19. The fourth-order valence-corrected chi connectivity index (χ4v) is 3.00. The first-order valence-corrected chi connectivity index (χ1v) is 7.19. The van der Waals surface area contributed by atoms with Crippen LogP contribution in [0.25, 0.3) is 0 Å². The van der Waals surface area contributed by atoms with Gasteiger partial charge in [0.05, 0.1) is 6.10 Å². The zero-order chi connectivity index (χ0) is 11.2. The van der Waals surface area contributed by atoms with Crippen molar-refractivity contribution < 1.29 is 4.74 Å². The van der Waals surface area contributed by atoms with Crippen LogP contribution in [0.5, 0.6) is 0 Å². The Kier molecular flexibility index (Phi) is 5.11. The highest BCUT2D eigenvalue weighted by molar-refractivity contribution is 4.74. The van der Waals surface area contributed by atoms with Gasteiger partial charge in [0.25, 0.3) is 0 Å². The molecule has 16 heavy (non-hydrogen) atoms. The second kappa shape index (κ2) is 6.61. The second-order valence-corrected chi connectivity index (χ2v) is 5.68. The molecule has 2 heteroatoms. The van der Waals surface area contributed by atoms with E-state index in [9.17, 15) is 0 Å². The lowest BCUT2D eigenvalue weighted by atomic mass is 10.1. The molecule has 0 aliphatic heterocycles. The van der Waals surface area contributed by atoms with Crippen molar-refractivity contribution in [2.45, 2.75) is 70.4 Å². The number of rotatable bonds is 6. The molecular weight excluding hydrogens is 198 g/mol. The summed E-state index contributed by atoms with van der Waals surface area (Å²) in [5, 5.41) is 3.63.